The monoisotopic (exact) mass is 408 g/mol. The quantitative estimate of drug-likeness (QED) is 0.298. The molecule has 0 heterocycles. The smallest absolute Gasteiger partial charge is 0.215 e. The summed E-state index contributed by atoms with van der Waals surface area (Å²) < 4.78 is 25.8. The third-order valence-electron chi connectivity index (χ3n) is 5.23. The molecule has 0 aliphatic heterocycles. The van der Waals surface area contributed by atoms with Gasteiger partial charge in [0.1, 0.15) is 0 Å². The van der Waals surface area contributed by atoms with Gasteiger partial charge >= 0.3 is 0 Å². The van der Waals surface area contributed by atoms with Crippen molar-refractivity contribution in [2.24, 2.45) is 10.9 Å². The standard InChI is InChI=1S/C21H36N4O2S/c1-3-23-21(24-14-7-6-11-18-9-4-5-10-18)25-16-19-12-8-13-20(15-19)17-28(26,27)22-2/h8,12-13,15,18,22H,3-7,9-11,14,16-17H2,1-2H3,(H2,23,24,25). The van der Waals surface area contributed by atoms with E-state index in [1.807, 2.05) is 24.3 Å². The molecule has 0 bridgehead atoms. The number of sulfonamides is 1. The van der Waals surface area contributed by atoms with E-state index in [9.17, 15) is 8.42 Å². The molecule has 0 saturated heterocycles. The van der Waals surface area contributed by atoms with Gasteiger partial charge in [0.25, 0.3) is 0 Å². The Morgan fingerprint density at radius 1 is 1.14 bits per heavy atom. The summed E-state index contributed by atoms with van der Waals surface area (Å²) in [6.45, 7) is 4.32. The second-order valence-corrected chi connectivity index (χ2v) is 9.48. The molecule has 0 atom stereocenters. The van der Waals surface area contributed by atoms with Crippen molar-refractivity contribution in [2.75, 3.05) is 20.1 Å². The van der Waals surface area contributed by atoms with Crippen LogP contribution in [0.5, 0.6) is 0 Å². The number of hydrogen-bond acceptors (Lipinski definition) is 3. The molecule has 1 aliphatic rings. The summed E-state index contributed by atoms with van der Waals surface area (Å²) in [5.74, 6) is 1.76. The van der Waals surface area contributed by atoms with E-state index in [4.69, 9.17) is 0 Å². The van der Waals surface area contributed by atoms with E-state index in [-0.39, 0.29) is 5.75 Å². The lowest BCUT2D eigenvalue weighted by Gasteiger charge is -2.12. The van der Waals surface area contributed by atoms with Crippen LogP contribution in [0.2, 0.25) is 0 Å². The van der Waals surface area contributed by atoms with Gasteiger partial charge < -0.3 is 10.6 Å². The van der Waals surface area contributed by atoms with Gasteiger partial charge in [-0.1, -0.05) is 62.8 Å². The van der Waals surface area contributed by atoms with E-state index >= 15 is 0 Å². The van der Waals surface area contributed by atoms with Crippen LogP contribution in [0.15, 0.2) is 29.3 Å². The van der Waals surface area contributed by atoms with Crippen molar-refractivity contribution in [3.05, 3.63) is 35.4 Å². The fourth-order valence-corrected chi connectivity index (χ4v) is 4.45. The average Bonchev–Trinajstić information content (AvgIpc) is 3.19. The highest BCUT2D eigenvalue weighted by atomic mass is 32.2. The highest BCUT2D eigenvalue weighted by Crippen LogP contribution is 2.28. The molecule has 0 spiro atoms. The first-order chi connectivity index (χ1) is 13.5. The van der Waals surface area contributed by atoms with Crippen molar-refractivity contribution in [3.63, 3.8) is 0 Å². The van der Waals surface area contributed by atoms with Gasteiger partial charge in [-0.15, -0.1) is 0 Å². The number of guanidine groups is 1. The maximum Gasteiger partial charge on any atom is 0.215 e. The summed E-state index contributed by atoms with van der Waals surface area (Å²) in [4.78, 5) is 4.65. The van der Waals surface area contributed by atoms with Crippen LogP contribution in [0.4, 0.5) is 0 Å². The molecule has 2 rings (SSSR count). The molecule has 7 heteroatoms. The van der Waals surface area contributed by atoms with Crippen molar-refractivity contribution in [1.29, 1.82) is 0 Å². The van der Waals surface area contributed by atoms with Gasteiger partial charge in [-0.25, -0.2) is 18.1 Å². The average molecular weight is 409 g/mol. The second kappa shape index (κ2) is 12.1. The fraction of sp³-hybridized carbons (Fsp3) is 0.667. The number of nitrogens with zero attached hydrogens (tertiary/aromatic N) is 1. The first kappa shape index (κ1) is 22.7. The van der Waals surface area contributed by atoms with Crippen molar-refractivity contribution in [1.82, 2.24) is 15.4 Å². The Labute approximate surface area is 170 Å². The van der Waals surface area contributed by atoms with Crippen LogP contribution in [-0.2, 0) is 22.3 Å². The number of unbranched alkanes of at least 4 members (excludes halogenated alkanes) is 1. The third kappa shape index (κ3) is 8.61. The summed E-state index contributed by atoms with van der Waals surface area (Å²) in [5.41, 5.74) is 1.77. The highest BCUT2D eigenvalue weighted by Gasteiger charge is 2.14. The lowest BCUT2D eigenvalue weighted by atomic mass is 10.0. The molecule has 6 nitrogen and oxygen atoms in total. The normalized spacial score (nSPS) is 15.7. The van der Waals surface area contributed by atoms with Crippen molar-refractivity contribution in [3.8, 4) is 0 Å². The van der Waals surface area contributed by atoms with Gasteiger partial charge in [0.2, 0.25) is 10.0 Å². The fourth-order valence-electron chi connectivity index (χ4n) is 3.69. The topological polar surface area (TPSA) is 82.6 Å². The summed E-state index contributed by atoms with van der Waals surface area (Å²) in [7, 11) is -1.83. The van der Waals surface area contributed by atoms with Crippen LogP contribution in [0.3, 0.4) is 0 Å². The zero-order chi connectivity index (χ0) is 20.2. The predicted octanol–water partition coefficient (Wildman–Crippen LogP) is 3.15. The van der Waals surface area contributed by atoms with Gasteiger partial charge in [0.05, 0.1) is 12.3 Å². The van der Waals surface area contributed by atoms with Crippen molar-refractivity contribution in [2.45, 2.75) is 64.2 Å². The minimum absolute atomic E-state index is 0.0135. The largest absolute Gasteiger partial charge is 0.357 e. The maximum absolute atomic E-state index is 11.7. The Hall–Kier alpha value is -1.60. The molecule has 158 valence electrons. The van der Waals surface area contributed by atoms with Gasteiger partial charge in [-0.05, 0) is 37.4 Å². The van der Waals surface area contributed by atoms with Crippen LogP contribution < -0.4 is 15.4 Å². The molecule has 3 N–H and O–H groups in total. The molecule has 1 aliphatic carbocycles. The molecule has 1 aromatic rings. The van der Waals surface area contributed by atoms with E-state index in [2.05, 4.69) is 27.3 Å². The first-order valence-electron chi connectivity index (χ1n) is 10.5. The zero-order valence-electron chi connectivity index (χ0n) is 17.3. The minimum Gasteiger partial charge on any atom is -0.357 e. The highest BCUT2D eigenvalue weighted by molar-refractivity contribution is 7.88. The number of benzene rings is 1. The SMILES string of the molecule is CCNC(=NCc1cccc(CS(=O)(=O)NC)c1)NCCCCC1CCCC1. The first-order valence-corrected chi connectivity index (χ1v) is 12.2. The van der Waals surface area contributed by atoms with Crippen LogP contribution in [0.25, 0.3) is 0 Å². The summed E-state index contributed by atoms with van der Waals surface area (Å²) >= 11 is 0. The molecule has 1 fully saturated rings. The molecule has 0 aromatic heterocycles. The van der Waals surface area contributed by atoms with Crippen molar-refractivity contribution >= 4 is 16.0 Å². The molecule has 0 unspecified atom stereocenters. The summed E-state index contributed by atoms with van der Waals surface area (Å²) in [5, 5.41) is 6.69. The van der Waals surface area contributed by atoms with E-state index in [1.165, 1.54) is 45.6 Å². The number of nitrogens with one attached hydrogen (secondary N) is 3. The Kier molecular flexibility index (Phi) is 9.78. The molecule has 0 radical (unpaired) electrons. The Morgan fingerprint density at radius 2 is 1.89 bits per heavy atom. The van der Waals surface area contributed by atoms with E-state index in [1.54, 1.807) is 0 Å². The van der Waals surface area contributed by atoms with Crippen LogP contribution >= 0.6 is 0 Å². The second-order valence-electron chi connectivity index (χ2n) is 7.55. The third-order valence-corrected chi connectivity index (χ3v) is 6.56. The molecule has 0 amide bonds. The molecular formula is C21H36N4O2S. The molecule has 1 aromatic carbocycles. The van der Waals surface area contributed by atoms with Gasteiger partial charge in [0.15, 0.2) is 5.96 Å². The molecular weight excluding hydrogens is 372 g/mol. The summed E-state index contributed by atoms with van der Waals surface area (Å²) in [6.07, 6.45) is 9.48. The van der Waals surface area contributed by atoms with Gasteiger partial charge in [-0.3, -0.25) is 0 Å². The number of rotatable bonds is 11. The Morgan fingerprint density at radius 3 is 2.61 bits per heavy atom. The summed E-state index contributed by atoms with van der Waals surface area (Å²) in [6, 6.07) is 7.60. The molecule has 1 saturated carbocycles. The van der Waals surface area contributed by atoms with Gasteiger partial charge in [0, 0.05) is 13.1 Å². The maximum atomic E-state index is 11.7. The van der Waals surface area contributed by atoms with E-state index < -0.39 is 10.0 Å². The van der Waals surface area contributed by atoms with Gasteiger partial charge in [-0.2, -0.15) is 0 Å². The lowest BCUT2D eigenvalue weighted by Crippen LogP contribution is -2.37. The van der Waals surface area contributed by atoms with Crippen LogP contribution in [-0.4, -0.2) is 34.5 Å². The van der Waals surface area contributed by atoms with E-state index in [0.717, 1.165) is 42.5 Å². The Bertz CT molecular complexity index is 713. The predicted molar refractivity (Wildman–Crippen MR) is 117 cm³/mol. The number of hydrogen-bond donors (Lipinski definition) is 3. The van der Waals surface area contributed by atoms with Crippen LogP contribution in [0.1, 0.15) is 63.0 Å². The number of aliphatic imine (C=N–C) groups is 1. The minimum atomic E-state index is -3.26. The van der Waals surface area contributed by atoms with Crippen molar-refractivity contribution < 1.29 is 8.42 Å². The zero-order valence-corrected chi connectivity index (χ0v) is 18.2. The molecule has 28 heavy (non-hydrogen) atoms. The van der Waals surface area contributed by atoms with Crippen LogP contribution in [0, 0.1) is 5.92 Å². The lowest BCUT2D eigenvalue weighted by molar-refractivity contribution is 0.472. The van der Waals surface area contributed by atoms with E-state index in [0.29, 0.717) is 6.54 Å². The Balaban J connectivity index is 1.80.